The molecule has 0 aromatic heterocycles. The van der Waals surface area contributed by atoms with E-state index in [1.54, 1.807) is 0 Å². The predicted octanol–water partition coefficient (Wildman–Crippen LogP) is -0.417. The summed E-state index contributed by atoms with van der Waals surface area (Å²) in [7, 11) is 1.43. The zero-order valence-electron chi connectivity index (χ0n) is 6.77. The van der Waals surface area contributed by atoms with Gasteiger partial charge >= 0.3 is 5.97 Å². The van der Waals surface area contributed by atoms with E-state index in [9.17, 15) is 4.79 Å². The third-order valence-electron chi connectivity index (χ3n) is 1.89. The molecule has 1 saturated heterocycles. The topological polar surface area (TPSA) is 76.0 Å². The van der Waals surface area contributed by atoms with Crippen LogP contribution in [-0.4, -0.2) is 41.8 Å². The Hall–Kier alpha value is -0.650. The first kappa shape index (κ1) is 9.44. The summed E-state index contributed by atoms with van der Waals surface area (Å²) >= 11 is 0. The number of hydrogen-bond donors (Lipinski definition) is 2. The standard InChI is InChI=1S/C7H12O5/c1-11-4-2-3-5(8)12-6(4)7(9)10/h4-6,8H,2-3H2,1H3,(H,9,10). The van der Waals surface area contributed by atoms with Crippen molar-refractivity contribution in [3.05, 3.63) is 0 Å². The van der Waals surface area contributed by atoms with E-state index in [1.165, 1.54) is 7.11 Å². The van der Waals surface area contributed by atoms with Crippen LogP contribution in [0.15, 0.2) is 0 Å². The molecule has 0 aromatic rings. The van der Waals surface area contributed by atoms with Crippen LogP contribution in [0.25, 0.3) is 0 Å². The summed E-state index contributed by atoms with van der Waals surface area (Å²) in [5, 5.41) is 17.6. The van der Waals surface area contributed by atoms with Crippen molar-refractivity contribution in [2.75, 3.05) is 7.11 Å². The number of aliphatic hydroxyl groups excluding tert-OH is 1. The number of methoxy groups -OCH3 is 1. The van der Waals surface area contributed by atoms with Gasteiger partial charge in [-0.25, -0.2) is 4.79 Å². The molecule has 1 fully saturated rings. The van der Waals surface area contributed by atoms with Crippen molar-refractivity contribution in [1.82, 2.24) is 0 Å². The average Bonchev–Trinajstić information content (AvgIpc) is 2.04. The van der Waals surface area contributed by atoms with Gasteiger partial charge in [-0.05, 0) is 6.42 Å². The van der Waals surface area contributed by atoms with Crippen LogP contribution >= 0.6 is 0 Å². The lowest BCUT2D eigenvalue weighted by Crippen LogP contribution is -2.44. The molecule has 0 aliphatic carbocycles. The van der Waals surface area contributed by atoms with Crippen LogP contribution in [0.2, 0.25) is 0 Å². The molecule has 1 heterocycles. The molecule has 1 aliphatic heterocycles. The van der Waals surface area contributed by atoms with E-state index in [4.69, 9.17) is 19.7 Å². The molecule has 1 aliphatic rings. The van der Waals surface area contributed by atoms with Gasteiger partial charge in [0.05, 0.1) is 6.10 Å². The molecule has 70 valence electrons. The quantitative estimate of drug-likeness (QED) is 0.597. The van der Waals surface area contributed by atoms with Gasteiger partial charge in [0.2, 0.25) is 0 Å². The van der Waals surface area contributed by atoms with Gasteiger partial charge in [-0.1, -0.05) is 0 Å². The number of carbonyl (C=O) groups is 1. The summed E-state index contributed by atoms with van der Waals surface area (Å²) in [6.07, 6.45) is -1.54. The van der Waals surface area contributed by atoms with Gasteiger partial charge < -0.3 is 19.7 Å². The number of carboxylic acid groups (broad SMARTS) is 1. The van der Waals surface area contributed by atoms with Crippen molar-refractivity contribution < 1.29 is 24.5 Å². The fourth-order valence-corrected chi connectivity index (χ4v) is 1.24. The van der Waals surface area contributed by atoms with E-state index >= 15 is 0 Å². The molecular formula is C7H12O5. The summed E-state index contributed by atoms with van der Waals surface area (Å²) in [5.74, 6) is -1.10. The summed E-state index contributed by atoms with van der Waals surface area (Å²) in [4.78, 5) is 10.6. The highest BCUT2D eigenvalue weighted by molar-refractivity contribution is 5.73. The number of rotatable bonds is 2. The molecule has 5 heteroatoms. The van der Waals surface area contributed by atoms with E-state index < -0.39 is 24.5 Å². The van der Waals surface area contributed by atoms with Crippen molar-refractivity contribution >= 4 is 5.97 Å². The van der Waals surface area contributed by atoms with Gasteiger partial charge in [0.1, 0.15) is 0 Å². The molecule has 2 N–H and O–H groups in total. The molecule has 0 bridgehead atoms. The molecular weight excluding hydrogens is 164 g/mol. The second-order valence-corrected chi connectivity index (χ2v) is 2.70. The maximum Gasteiger partial charge on any atom is 0.335 e. The molecule has 12 heavy (non-hydrogen) atoms. The summed E-state index contributed by atoms with van der Waals surface area (Å²) in [5.41, 5.74) is 0. The molecule has 5 nitrogen and oxygen atoms in total. The van der Waals surface area contributed by atoms with E-state index in [0.717, 1.165) is 0 Å². The fourth-order valence-electron chi connectivity index (χ4n) is 1.24. The largest absolute Gasteiger partial charge is 0.479 e. The Kier molecular flexibility index (Phi) is 3.02. The lowest BCUT2D eigenvalue weighted by Gasteiger charge is -2.30. The van der Waals surface area contributed by atoms with E-state index in [-0.39, 0.29) is 0 Å². The molecule has 0 aromatic carbocycles. The Morgan fingerprint density at radius 1 is 1.58 bits per heavy atom. The highest BCUT2D eigenvalue weighted by Crippen LogP contribution is 2.20. The van der Waals surface area contributed by atoms with Gasteiger partial charge in [0.25, 0.3) is 0 Å². The minimum atomic E-state index is -1.10. The van der Waals surface area contributed by atoms with Crippen molar-refractivity contribution in [3.8, 4) is 0 Å². The van der Waals surface area contributed by atoms with Crippen molar-refractivity contribution in [1.29, 1.82) is 0 Å². The van der Waals surface area contributed by atoms with E-state index in [0.29, 0.717) is 12.8 Å². The Bertz CT molecular complexity index is 169. The van der Waals surface area contributed by atoms with Crippen molar-refractivity contribution in [3.63, 3.8) is 0 Å². The average molecular weight is 176 g/mol. The normalized spacial score (nSPS) is 36.3. The SMILES string of the molecule is COC1CCC(O)OC1C(=O)O. The van der Waals surface area contributed by atoms with Crippen LogP contribution in [0.1, 0.15) is 12.8 Å². The monoisotopic (exact) mass is 176 g/mol. The molecule has 1 rings (SSSR count). The minimum absolute atomic E-state index is 0.419. The number of aliphatic hydroxyl groups is 1. The lowest BCUT2D eigenvalue weighted by atomic mass is 10.1. The molecule has 3 atom stereocenters. The van der Waals surface area contributed by atoms with Gasteiger partial charge in [-0.15, -0.1) is 0 Å². The van der Waals surface area contributed by atoms with Gasteiger partial charge in [-0.2, -0.15) is 0 Å². The first-order valence-electron chi connectivity index (χ1n) is 3.74. The van der Waals surface area contributed by atoms with Crippen LogP contribution < -0.4 is 0 Å². The van der Waals surface area contributed by atoms with Gasteiger partial charge in [0.15, 0.2) is 12.4 Å². The van der Waals surface area contributed by atoms with Crippen molar-refractivity contribution in [2.24, 2.45) is 0 Å². The second kappa shape index (κ2) is 3.84. The zero-order valence-corrected chi connectivity index (χ0v) is 6.77. The van der Waals surface area contributed by atoms with E-state index in [1.807, 2.05) is 0 Å². The third kappa shape index (κ3) is 1.94. The first-order chi connectivity index (χ1) is 5.65. The fraction of sp³-hybridized carbons (Fsp3) is 0.857. The summed E-state index contributed by atoms with van der Waals surface area (Å²) < 4.78 is 9.68. The predicted molar refractivity (Wildman–Crippen MR) is 38.5 cm³/mol. The number of aliphatic carboxylic acids is 1. The highest BCUT2D eigenvalue weighted by atomic mass is 16.6. The van der Waals surface area contributed by atoms with Crippen LogP contribution in [0.4, 0.5) is 0 Å². The Balaban J connectivity index is 2.58. The Labute approximate surface area is 69.9 Å². The molecule has 0 radical (unpaired) electrons. The number of hydrogen-bond acceptors (Lipinski definition) is 4. The molecule has 3 unspecified atom stereocenters. The highest BCUT2D eigenvalue weighted by Gasteiger charge is 2.35. The van der Waals surface area contributed by atoms with Gasteiger partial charge in [0, 0.05) is 13.5 Å². The minimum Gasteiger partial charge on any atom is -0.479 e. The van der Waals surface area contributed by atoms with Crippen LogP contribution in [0.5, 0.6) is 0 Å². The number of ether oxygens (including phenoxy) is 2. The summed E-state index contributed by atoms with van der Waals surface area (Å²) in [6, 6.07) is 0. The number of carboxylic acids is 1. The Morgan fingerprint density at radius 3 is 2.75 bits per heavy atom. The maximum atomic E-state index is 10.6. The smallest absolute Gasteiger partial charge is 0.335 e. The third-order valence-corrected chi connectivity index (χ3v) is 1.89. The molecule has 0 saturated carbocycles. The van der Waals surface area contributed by atoms with Gasteiger partial charge in [-0.3, -0.25) is 0 Å². The maximum absolute atomic E-state index is 10.6. The summed E-state index contributed by atoms with van der Waals surface area (Å²) in [6.45, 7) is 0. The second-order valence-electron chi connectivity index (χ2n) is 2.70. The van der Waals surface area contributed by atoms with Crippen LogP contribution in [-0.2, 0) is 14.3 Å². The zero-order chi connectivity index (χ0) is 9.14. The van der Waals surface area contributed by atoms with Crippen LogP contribution in [0, 0.1) is 0 Å². The van der Waals surface area contributed by atoms with E-state index in [2.05, 4.69) is 0 Å². The first-order valence-corrected chi connectivity index (χ1v) is 3.74. The van der Waals surface area contributed by atoms with Crippen molar-refractivity contribution in [2.45, 2.75) is 31.3 Å². The lowest BCUT2D eigenvalue weighted by molar-refractivity contribution is -0.215. The molecule has 0 spiro atoms. The Morgan fingerprint density at radius 2 is 2.25 bits per heavy atom. The molecule has 0 amide bonds. The van der Waals surface area contributed by atoms with Crippen LogP contribution in [0.3, 0.4) is 0 Å².